The third-order valence-corrected chi connectivity index (χ3v) is 4.82. The molecule has 0 aromatic rings. The van der Waals surface area contributed by atoms with Crippen molar-refractivity contribution in [1.82, 2.24) is 4.90 Å². The number of hydrogen-bond donors (Lipinski definition) is 0. The molecule has 0 saturated heterocycles. The summed E-state index contributed by atoms with van der Waals surface area (Å²) in [6.07, 6.45) is 10.3. The van der Waals surface area contributed by atoms with E-state index in [-0.39, 0.29) is 51.4 Å². The fraction of sp³-hybridized carbons (Fsp3) is 0.941. The van der Waals surface area contributed by atoms with Gasteiger partial charge in [-0.05, 0) is 24.7 Å². The predicted molar refractivity (Wildman–Crippen MR) is 98.1 cm³/mol. The van der Waals surface area contributed by atoms with Crippen LogP contribution in [-0.2, 0) is 12.6 Å². The van der Waals surface area contributed by atoms with Crippen LogP contribution < -0.4 is 51.4 Å². The Morgan fingerprint density at radius 1 is 0.905 bits per heavy atom. The molecule has 0 N–H and O–H groups in total. The Balaban J connectivity index is 0. The maximum Gasteiger partial charge on any atom is 1.00 e. The summed E-state index contributed by atoms with van der Waals surface area (Å²) >= 11 is 10.6. The molecule has 0 rings (SSSR count). The third-order valence-electron chi connectivity index (χ3n) is 4.30. The first-order valence-corrected chi connectivity index (χ1v) is 9.36. The van der Waals surface area contributed by atoms with Crippen molar-refractivity contribution in [2.45, 2.75) is 79.1 Å². The molecule has 0 aliphatic carbocycles. The van der Waals surface area contributed by atoms with Crippen molar-refractivity contribution < 1.29 is 51.4 Å². The van der Waals surface area contributed by atoms with Crippen molar-refractivity contribution >= 4 is 29.2 Å². The van der Waals surface area contributed by atoms with Crippen LogP contribution in [0.2, 0.25) is 0 Å². The molecule has 0 bridgehead atoms. The minimum atomic E-state index is 0. The van der Waals surface area contributed by atoms with Crippen LogP contribution in [0.15, 0.2) is 0 Å². The minimum Gasteiger partial charge on any atom is -0.411 e. The molecule has 0 radical (unpaired) electrons. The first kappa shape index (κ1) is 25.0. The van der Waals surface area contributed by atoms with E-state index < -0.39 is 0 Å². The first-order chi connectivity index (χ1) is 9.58. The van der Waals surface area contributed by atoms with Crippen LogP contribution >= 0.6 is 12.2 Å². The Hall–Kier alpha value is 1.75. The van der Waals surface area contributed by atoms with Crippen LogP contribution in [0.3, 0.4) is 0 Å². The Bertz CT molecular complexity index is 231. The maximum atomic E-state index is 5.32. The number of rotatable bonds is 12. The Kier molecular flexibility index (Phi) is 19.8. The topological polar surface area (TPSA) is 3.24 Å². The number of unbranched alkanes of at least 4 members (excludes halogenated alkanes) is 2. The minimum absolute atomic E-state index is 0. The van der Waals surface area contributed by atoms with Crippen molar-refractivity contribution in [3.63, 3.8) is 0 Å². The normalized spacial score (nSPS) is 13.3. The molecule has 0 heterocycles. The van der Waals surface area contributed by atoms with Crippen LogP contribution in [0.25, 0.3) is 0 Å². The van der Waals surface area contributed by atoms with E-state index in [1.807, 2.05) is 0 Å². The fourth-order valence-electron chi connectivity index (χ4n) is 2.68. The van der Waals surface area contributed by atoms with Crippen LogP contribution in [0.4, 0.5) is 0 Å². The molecule has 0 spiro atoms. The molecule has 0 amide bonds. The van der Waals surface area contributed by atoms with E-state index in [0.717, 1.165) is 24.9 Å². The van der Waals surface area contributed by atoms with Crippen molar-refractivity contribution in [1.29, 1.82) is 0 Å². The van der Waals surface area contributed by atoms with E-state index in [1.165, 1.54) is 51.4 Å². The molecule has 21 heavy (non-hydrogen) atoms. The summed E-state index contributed by atoms with van der Waals surface area (Å²) in [7, 11) is 0. The summed E-state index contributed by atoms with van der Waals surface area (Å²) in [4.78, 5) is 2.30. The molecular formula is C17H34KNS2. The number of nitrogens with zero attached hydrogens (tertiary/aromatic N) is 1. The van der Waals surface area contributed by atoms with E-state index >= 15 is 0 Å². The van der Waals surface area contributed by atoms with Gasteiger partial charge in [0.05, 0.1) is 0 Å². The molecule has 0 aromatic heterocycles. The van der Waals surface area contributed by atoms with Gasteiger partial charge >= 0.3 is 51.4 Å². The molecular weight excluding hydrogens is 321 g/mol. The standard InChI is InChI=1S/C17H35NS2.K/c1-5-9-11-15(7-3)13-18(17(19)20)14-16(8-4)12-10-6-2;/h15-16H,5-14H2,1-4H3,(H,19,20);/q;+1/p-1. The van der Waals surface area contributed by atoms with Gasteiger partial charge in [-0.15, -0.1) is 0 Å². The van der Waals surface area contributed by atoms with Crippen molar-refractivity contribution in [2.75, 3.05) is 13.1 Å². The Morgan fingerprint density at radius 2 is 1.29 bits per heavy atom. The van der Waals surface area contributed by atoms with Gasteiger partial charge in [0.2, 0.25) is 0 Å². The van der Waals surface area contributed by atoms with Gasteiger partial charge in [0.15, 0.2) is 0 Å². The maximum absolute atomic E-state index is 5.32. The SMILES string of the molecule is CCCCC(CC)CN(CC(CC)CCCC)C(=S)[S-].[K+]. The average molecular weight is 356 g/mol. The van der Waals surface area contributed by atoms with E-state index in [0.29, 0.717) is 4.32 Å². The molecule has 4 heteroatoms. The second-order valence-corrected chi connectivity index (χ2v) is 7.04. The summed E-state index contributed by atoms with van der Waals surface area (Å²) in [5.74, 6) is 1.50. The van der Waals surface area contributed by atoms with E-state index in [1.54, 1.807) is 0 Å². The monoisotopic (exact) mass is 355 g/mol. The molecule has 1 nitrogen and oxygen atoms in total. The molecule has 0 aliphatic heterocycles. The fourth-order valence-corrected chi connectivity index (χ4v) is 2.98. The second kappa shape index (κ2) is 16.6. The quantitative estimate of drug-likeness (QED) is 0.301. The van der Waals surface area contributed by atoms with Gasteiger partial charge < -0.3 is 29.7 Å². The first-order valence-electron chi connectivity index (χ1n) is 8.54. The van der Waals surface area contributed by atoms with Gasteiger partial charge in [-0.3, -0.25) is 0 Å². The van der Waals surface area contributed by atoms with Gasteiger partial charge in [0.25, 0.3) is 0 Å². The summed E-state index contributed by atoms with van der Waals surface area (Å²) in [5.41, 5.74) is 0. The third kappa shape index (κ3) is 12.8. The van der Waals surface area contributed by atoms with Crippen molar-refractivity contribution in [2.24, 2.45) is 11.8 Å². The number of hydrogen-bond acceptors (Lipinski definition) is 2. The zero-order valence-corrected chi connectivity index (χ0v) is 19.7. The number of thiocarbonyl (C=S) groups is 1. The second-order valence-electron chi connectivity index (χ2n) is 6.00. The zero-order valence-electron chi connectivity index (χ0n) is 15.0. The van der Waals surface area contributed by atoms with Gasteiger partial charge in [-0.1, -0.05) is 70.5 Å². The molecule has 2 atom stereocenters. The van der Waals surface area contributed by atoms with E-state index in [2.05, 4.69) is 32.6 Å². The Labute approximate surface area is 187 Å². The molecule has 0 aromatic carbocycles. The summed E-state index contributed by atoms with van der Waals surface area (Å²) < 4.78 is 0.676. The van der Waals surface area contributed by atoms with Gasteiger partial charge in [-0.2, -0.15) is 0 Å². The average Bonchev–Trinajstić information content (AvgIpc) is 2.45. The predicted octanol–water partition coefficient (Wildman–Crippen LogP) is 2.56. The largest absolute Gasteiger partial charge is 1.00 e. The molecule has 0 saturated carbocycles. The smallest absolute Gasteiger partial charge is 0.411 e. The van der Waals surface area contributed by atoms with Gasteiger partial charge in [-0.25, -0.2) is 0 Å². The van der Waals surface area contributed by atoms with Gasteiger partial charge in [0.1, 0.15) is 0 Å². The van der Waals surface area contributed by atoms with Crippen molar-refractivity contribution in [3.8, 4) is 0 Å². The molecule has 120 valence electrons. The van der Waals surface area contributed by atoms with E-state index in [4.69, 9.17) is 24.8 Å². The molecule has 2 unspecified atom stereocenters. The summed E-state index contributed by atoms with van der Waals surface area (Å²) in [6, 6.07) is 0. The molecule has 0 fully saturated rings. The zero-order chi connectivity index (χ0) is 15.4. The van der Waals surface area contributed by atoms with Crippen LogP contribution in [0.1, 0.15) is 79.1 Å². The van der Waals surface area contributed by atoms with Crippen LogP contribution in [0.5, 0.6) is 0 Å². The van der Waals surface area contributed by atoms with Crippen molar-refractivity contribution in [3.05, 3.63) is 0 Å². The molecule has 0 aliphatic rings. The summed E-state index contributed by atoms with van der Waals surface area (Å²) in [6.45, 7) is 11.3. The Morgan fingerprint density at radius 3 is 1.52 bits per heavy atom. The van der Waals surface area contributed by atoms with Gasteiger partial charge in [0, 0.05) is 13.1 Å². The van der Waals surface area contributed by atoms with Crippen LogP contribution in [-0.4, -0.2) is 22.3 Å². The van der Waals surface area contributed by atoms with Crippen LogP contribution in [0, 0.1) is 11.8 Å². The summed E-state index contributed by atoms with van der Waals surface area (Å²) in [5, 5.41) is 0. The van der Waals surface area contributed by atoms with E-state index in [9.17, 15) is 0 Å².